The van der Waals surface area contributed by atoms with Gasteiger partial charge in [-0.25, -0.2) is 4.68 Å². The predicted molar refractivity (Wildman–Crippen MR) is 78.2 cm³/mol. The van der Waals surface area contributed by atoms with Crippen molar-refractivity contribution in [2.45, 2.75) is 13.5 Å². The molecule has 0 aliphatic heterocycles. The Hall–Kier alpha value is -2.82. The molecule has 0 saturated carbocycles. The zero-order valence-electron chi connectivity index (χ0n) is 11.6. The minimum absolute atomic E-state index is 0.130. The molecule has 0 aliphatic carbocycles. The van der Waals surface area contributed by atoms with Crippen LogP contribution in [-0.2, 0) is 6.54 Å². The van der Waals surface area contributed by atoms with Crippen LogP contribution < -0.4 is 5.32 Å². The zero-order chi connectivity index (χ0) is 14.7. The Morgan fingerprint density at radius 2 is 2.05 bits per heavy atom. The van der Waals surface area contributed by atoms with Gasteiger partial charge in [-0.15, -0.1) is 0 Å². The van der Waals surface area contributed by atoms with E-state index in [4.69, 9.17) is 4.42 Å². The molecule has 3 aromatic rings. The molecule has 1 N–H and O–H groups in total. The van der Waals surface area contributed by atoms with Gasteiger partial charge >= 0.3 is 0 Å². The number of nitrogens with one attached hydrogen (secondary N) is 1. The number of carbonyl (C=O) groups excluding carboxylic acids is 1. The van der Waals surface area contributed by atoms with E-state index in [9.17, 15) is 4.79 Å². The molecule has 0 bridgehead atoms. The molecule has 0 fully saturated rings. The third kappa shape index (κ3) is 2.86. The molecule has 106 valence electrons. The Morgan fingerprint density at radius 1 is 1.24 bits per heavy atom. The lowest BCUT2D eigenvalue weighted by Gasteiger charge is -2.06. The molecule has 0 saturated heterocycles. The van der Waals surface area contributed by atoms with E-state index >= 15 is 0 Å². The number of furan rings is 1. The maximum Gasteiger partial charge on any atom is 0.251 e. The highest BCUT2D eigenvalue weighted by molar-refractivity contribution is 5.94. The summed E-state index contributed by atoms with van der Waals surface area (Å²) >= 11 is 0. The smallest absolute Gasteiger partial charge is 0.251 e. The number of rotatable bonds is 4. The monoisotopic (exact) mass is 281 g/mol. The highest BCUT2D eigenvalue weighted by Crippen LogP contribution is 2.11. The molecule has 3 rings (SSSR count). The number of hydrogen-bond donors (Lipinski definition) is 1. The minimum atomic E-state index is -0.130. The fourth-order valence-electron chi connectivity index (χ4n) is 2.08. The van der Waals surface area contributed by atoms with Crippen molar-refractivity contribution in [1.82, 2.24) is 15.1 Å². The number of carbonyl (C=O) groups is 1. The van der Waals surface area contributed by atoms with Crippen molar-refractivity contribution in [3.63, 3.8) is 0 Å². The molecular formula is C16H15N3O2. The van der Waals surface area contributed by atoms with E-state index in [1.165, 1.54) is 0 Å². The van der Waals surface area contributed by atoms with Crippen molar-refractivity contribution in [3.8, 4) is 5.69 Å². The zero-order valence-corrected chi connectivity index (χ0v) is 11.6. The largest absolute Gasteiger partial charge is 0.467 e. The summed E-state index contributed by atoms with van der Waals surface area (Å²) in [5, 5.41) is 7.05. The maximum absolute atomic E-state index is 12.0. The summed E-state index contributed by atoms with van der Waals surface area (Å²) in [6.45, 7) is 2.36. The molecule has 1 aromatic carbocycles. The molecule has 21 heavy (non-hydrogen) atoms. The summed E-state index contributed by atoms with van der Waals surface area (Å²) in [5.74, 6) is 0.599. The first-order valence-corrected chi connectivity index (χ1v) is 6.66. The highest BCUT2D eigenvalue weighted by Gasteiger charge is 2.07. The van der Waals surface area contributed by atoms with Gasteiger partial charge in [0, 0.05) is 17.5 Å². The van der Waals surface area contributed by atoms with Gasteiger partial charge in [0.2, 0.25) is 0 Å². The minimum Gasteiger partial charge on any atom is -0.467 e. The Balaban J connectivity index is 1.69. The molecule has 2 aromatic heterocycles. The van der Waals surface area contributed by atoms with Gasteiger partial charge in [0.1, 0.15) is 5.76 Å². The van der Waals surface area contributed by atoms with E-state index in [0.29, 0.717) is 12.1 Å². The van der Waals surface area contributed by atoms with Crippen LogP contribution in [-0.4, -0.2) is 15.7 Å². The molecule has 0 unspecified atom stereocenters. The van der Waals surface area contributed by atoms with Crippen LogP contribution in [0, 0.1) is 6.92 Å². The third-order valence-corrected chi connectivity index (χ3v) is 3.21. The first kappa shape index (κ1) is 13.2. The average molecular weight is 281 g/mol. The topological polar surface area (TPSA) is 60.1 Å². The SMILES string of the molecule is Cc1ccnn1-c1ccc(C(=O)NCc2ccco2)cc1. The summed E-state index contributed by atoms with van der Waals surface area (Å²) in [6.07, 6.45) is 3.34. The van der Waals surface area contributed by atoms with Crippen LogP contribution in [0.25, 0.3) is 5.69 Å². The summed E-state index contributed by atoms with van der Waals surface area (Å²) in [5.41, 5.74) is 2.58. The fraction of sp³-hybridized carbons (Fsp3) is 0.125. The van der Waals surface area contributed by atoms with Crippen molar-refractivity contribution in [3.05, 3.63) is 71.9 Å². The molecule has 5 heteroatoms. The highest BCUT2D eigenvalue weighted by atomic mass is 16.3. The molecule has 5 nitrogen and oxygen atoms in total. The summed E-state index contributed by atoms with van der Waals surface area (Å²) in [4.78, 5) is 12.0. The number of benzene rings is 1. The molecule has 0 radical (unpaired) electrons. The molecular weight excluding hydrogens is 266 g/mol. The molecule has 0 aliphatic rings. The second-order valence-corrected chi connectivity index (χ2v) is 4.69. The van der Waals surface area contributed by atoms with Gasteiger partial charge in [-0.1, -0.05) is 0 Å². The van der Waals surface area contributed by atoms with E-state index in [-0.39, 0.29) is 5.91 Å². The predicted octanol–water partition coefficient (Wildman–Crippen LogP) is 2.70. The Kier molecular flexibility index (Phi) is 3.55. The summed E-state index contributed by atoms with van der Waals surface area (Å²) < 4.78 is 7.00. The summed E-state index contributed by atoms with van der Waals surface area (Å²) in [7, 11) is 0. The van der Waals surface area contributed by atoms with Crippen molar-refractivity contribution in [2.75, 3.05) is 0 Å². The van der Waals surface area contributed by atoms with Crippen molar-refractivity contribution < 1.29 is 9.21 Å². The molecule has 0 atom stereocenters. The number of hydrogen-bond acceptors (Lipinski definition) is 3. The molecule has 2 heterocycles. The maximum atomic E-state index is 12.0. The van der Waals surface area contributed by atoms with Crippen LogP contribution in [0.4, 0.5) is 0 Å². The lowest BCUT2D eigenvalue weighted by atomic mass is 10.2. The second-order valence-electron chi connectivity index (χ2n) is 4.69. The number of aryl methyl sites for hydroxylation is 1. The lowest BCUT2D eigenvalue weighted by Crippen LogP contribution is -2.22. The average Bonchev–Trinajstić information content (AvgIpc) is 3.16. The first-order chi connectivity index (χ1) is 10.2. The Labute approximate surface area is 122 Å². The van der Waals surface area contributed by atoms with E-state index in [0.717, 1.165) is 17.1 Å². The van der Waals surface area contributed by atoms with E-state index < -0.39 is 0 Å². The van der Waals surface area contributed by atoms with Gasteiger partial charge < -0.3 is 9.73 Å². The standard InChI is InChI=1S/C16H15N3O2/c1-12-8-9-18-19(12)14-6-4-13(5-7-14)16(20)17-11-15-3-2-10-21-15/h2-10H,11H2,1H3,(H,17,20). The second kappa shape index (κ2) is 5.66. The molecule has 1 amide bonds. The van der Waals surface area contributed by atoms with E-state index in [1.807, 2.05) is 35.9 Å². The van der Waals surface area contributed by atoms with Crippen LogP contribution >= 0.6 is 0 Å². The van der Waals surface area contributed by atoms with Crippen LogP contribution in [0.2, 0.25) is 0 Å². The van der Waals surface area contributed by atoms with Crippen LogP contribution in [0.15, 0.2) is 59.3 Å². The fourth-order valence-corrected chi connectivity index (χ4v) is 2.08. The van der Waals surface area contributed by atoms with Gasteiger partial charge in [-0.3, -0.25) is 4.79 Å². The van der Waals surface area contributed by atoms with Crippen molar-refractivity contribution in [1.29, 1.82) is 0 Å². The number of amides is 1. The van der Waals surface area contributed by atoms with E-state index in [1.54, 1.807) is 30.7 Å². The first-order valence-electron chi connectivity index (χ1n) is 6.66. The van der Waals surface area contributed by atoms with Gasteiger partial charge in [-0.2, -0.15) is 5.10 Å². The van der Waals surface area contributed by atoms with Crippen LogP contribution in [0.5, 0.6) is 0 Å². The van der Waals surface area contributed by atoms with Gasteiger partial charge in [-0.05, 0) is 49.4 Å². The van der Waals surface area contributed by atoms with Crippen molar-refractivity contribution in [2.24, 2.45) is 0 Å². The Bertz CT molecular complexity index is 727. The Morgan fingerprint density at radius 3 is 2.67 bits per heavy atom. The normalized spacial score (nSPS) is 10.5. The van der Waals surface area contributed by atoms with E-state index in [2.05, 4.69) is 10.4 Å². The molecule has 0 spiro atoms. The number of nitrogens with zero attached hydrogens (tertiary/aromatic N) is 2. The number of aromatic nitrogens is 2. The quantitative estimate of drug-likeness (QED) is 0.800. The van der Waals surface area contributed by atoms with Gasteiger partial charge in [0.05, 0.1) is 18.5 Å². The van der Waals surface area contributed by atoms with Crippen LogP contribution in [0.1, 0.15) is 21.8 Å². The van der Waals surface area contributed by atoms with Gasteiger partial charge in [0.15, 0.2) is 0 Å². The third-order valence-electron chi connectivity index (χ3n) is 3.21. The lowest BCUT2D eigenvalue weighted by molar-refractivity contribution is 0.0948. The van der Waals surface area contributed by atoms with Crippen LogP contribution in [0.3, 0.4) is 0 Å². The van der Waals surface area contributed by atoms with Gasteiger partial charge in [0.25, 0.3) is 5.91 Å². The summed E-state index contributed by atoms with van der Waals surface area (Å²) in [6, 6.07) is 12.9. The van der Waals surface area contributed by atoms with Crippen molar-refractivity contribution >= 4 is 5.91 Å².